The van der Waals surface area contributed by atoms with Gasteiger partial charge in [-0.2, -0.15) is 0 Å². The van der Waals surface area contributed by atoms with Gasteiger partial charge in [0.25, 0.3) is 0 Å². The van der Waals surface area contributed by atoms with Crippen molar-refractivity contribution in [1.29, 1.82) is 0 Å². The fourth-order valence-corrected chi connectivity index (χ4v) is 4.39. The molecular formula is C23H25NO3. The predicted octanol–water partition coefficient (Wildman–Crippen LogP) is 5.19. The van der Waals surface area contributed by atoms with Crippen LogP contribution < -0.4 is 0 Å². The Hall–Kier alpha value is -2.59. The minimum absolute atomic E-state index is 0.0134. The van der Waals surface area contributed by atoms with Crippen molar-refractivity contribution in [2.75, 3.05) is 6.61 Å². The van der Waals surface area contributed by atoms with Crippen molar-refractivity contribution in [1.82, 2.24) is 4.98 Å². The fourth-order valence-electron chi connectivity index (χ4n) is 4.39. The number of aryl methyl sites for hydroxylation is 1. The van der Waals surface area contributed by atoms with E-state index in [-0.39, 0.29) is 6.42 Å². The summed E-state index contributed by atoms with van der Waals surface area (Å²) in [5.74, 6) is -0.825. The summed E-state index contributed by atoms with van der Waals surface area (Å²) in [4.78, 5) is 15.2. The number of aromatic nitrogens is 1. The second kappa shape index (κ2) is 6.86. The molecule has 140 valence electrons. The second-order valence-electron chi connectivity index (χ2n) is 7.49. The van der Waals surface area contributed by atoms with E-state index < -0.39 is 11.6 Å². The molecular weight excluding hydrogens is 338 g/mol. The minimum atomic E-state index is -0.825. The van der Waals surface area contributed by atoms with Crippen LogP contribution in [0.2, 0.25) is 0 Å². The molecule has 2 heterocycles. The number of aliphatic carboxylic acids is 1. The molecule has 1 aromatic heterocycles. The SMILES string of the molecule is CCCC1(CC(=O)O)OCCc2c1[nH]c1c(-c3ccc(C)cc3)cccc21. The second-order valence-corrected chi connectivity index (χ2v) is 7.49. The summed E-state index contributed by atoms with van der Waals surface area (Å²) in [6.07, 6.45) is 2.35. The molecule has 4 rings (SSSR count). The van der Waals surface area contributed by atoms with Gasteiger partial charge in [0.1, 0.15) is 5.60 Å². The number of aromatic amines is 1. The number of ether oxygens (including phenoxy) is 1. The molecule has 4 nitrogen and oxygen atoms in total. The van der Waals surface area contributed by atoms with E-state index in [4.69, 9.17) is 4.74 Å². The number of carboxylic acids is 1. The molecule has 2 N–H and O–H groups in total. The average Bonchev–Trinajstić information content (AvgIpc) is 3.03. The van der Waals surface area contributed by atoms with Gasteiger partial charge >= 0.3 is 5.97 Å². The average molecular weight is 363 g/mol. The van der Waals surface area contributed by atoms with Crippen molar-refractivity contribution < 1.29 is 14.6 Å². The van der Waals surface area contributed by atoms with Crippen molar-refractivity contribution in [2.24, 2.45) is 0 Å². The summed E-state index contributed by atoms with van der Waals surface area (Å²) in [6, 6.07) is 14.8. The molecule has 0 saturated heterocycles. The number of para-hydroxylation sites is 1. The van der Waals surface area contributed by atoms with Crippen LogP contribution in [-0.2, 0) is 21.6 Å². The topological polar surface area (TPSA) is 62.3 Å². The van der Waals surface area contributed by atoms with Crippen molar-refractivity contribution in [2.45, 2.75) is 45.1 Å². The Labute approximate surface area is 159 Å². The zero-order valence-corrected chi connectivity index (χ0v) is 15.8. The first-order chi connectivity index (χ1) is 13.0. The summed E-state index contributed by atoms with van der Waals surface area (Å²) in [7, 11) is 0. The van der Waals surface area contributed by atoms with E-state index in [9.17, 15) is 9.90 Å². The molecule has 0 radical (unpaired) electrons. The van der Waals surface area contributed by atoms with Gasteiger partial charge in [0, 0.05) is 10.9 Å². The molecule has 0 spiro atoms. The van der Waals surface area contributed by atoms with Crippen LogP contribution in [0, 0.1) is 6.92 Å². The van der Waals surface area contributed by atoms with Gasteiger partial charge in [-0.15, -0.1) is 0 Å². The molecule has 0 aliphatic carbocycles. The van der Waals surface area contributed by atoms with E-state index in [1.165, 1.54) is 16.5 Å². The smallest absolute Gasteiger partial charge is 0.306 e. The van der Waals surface area contributed by atoms with E-state index in [2.05, 4.69) is 61.3 Å². The quantitative estimate of drug-likeness (QED) is 0.656. The number of hydrogen-bond donors (Lipinski definition) is 2. The lowest BCUT2D eigenvalue weighted by Gasteiger charge is -2.36. The molecule has 1 atom stereocenters. The Morgan fingerprint density at radius 1 is 1.22 bits per heavy atom. The van der Waals surface area contributed by atoms with Crippen molar-refractivity contribution in [3.8, 4) is 11.1 Å². The van der Waals surface area contributed by atoms with Gasteiger partial charge in [0.05, 0.1) is 24.2 Å². The highest BCUT2D eigenvalue weighted by Crippen LogP contribution is 2.44. The van der Waals surface area contributed by atoms with Crippen LogP contribution in [0.5, 0.6) is 0 Å². The lowest BCUT2D eigenvalue weighted by molar-refractivity contribution is -0.149. The number of fused-ring (bicyclic) bond motifs is 3. The van der Waals surface area contributed by atoms with Crippen molar-refractivity contribution >= 4 is 16.9 Å². The van der Waals surface area contributed by atoms with Gasteiger partial charge in [-0.1, -0.05) is 61.4 Å². The maximum Gasteiger partial charge on any atom is 0.306 e. The highest BCUT2D eigenvalue weighted by molar-refractivity contribution is 5.97. The Kier molecular flexibility index (Phi) is 4.52. The summed E-state index contributed by atoms with van der Waals surface area (Å²) >= 11 is 0. The number of rotatable bonds is 5. The summed E-state index contributed by atoms with van der Waals surface area (Å²) in [5.41, 5.74) is 5.99. The number of carbonyl (C=O) groups is 1. The van der Waals surface area contributed by atoms with Crippen LogP contribution in [-0.4, -0.2) is 22.7 Å². The molecule has 27 heavy (non-hydrogen) atoms. The summed E-state index contributed by atoms with van der Waals surface area (Å²) < 4.78 is 6.12. The van der Waals surface area contributed by atoms with E-state index >= 15 is 0 Å². The number of benzene rings is 2. The molecule has 3 aromatic rings. The number of H-pyrrole nitrogens is 1. The minimum Gasteiger partial charge on any atom is -0.481 e. The predicted molar refractivity (Wildman–Crippen MR) is 107 cm³/mol. The first kappa shape index (κ1) is 17.8. The normalized spacial score (nSPS) is 19.2. The molecule has 1 aliphatic rings. The van der Waals surface area contributed by atoms with Crippen LogP contribution in [0.4, 0.5) is 0 Å². The lowest BCUT2D eigenvalue weighted by atomic mass is 9.85. The van der Waals surface area contributed by atoms with Gasteiger partial charge in [0.2, 0.25) is 0 Å². The maximum absolute atomic E-state index is 11.6. The molecule has 0 amide bonds. The first-order valence-electron chi connectivity index (χ1n) is 9.61. The Bertz CT molecular complexity index is 987. The lowest BCUT2D eigenvalue weighted by Crippen LogP contribution is -2.37. The zero-order valence-electron chi connectivity index (χ0n) is 15.8. The third-order valence-corrected chi connectivity index (χ3v) is 5.58. The molecule has 4 heteroatoms. The largest absolute Gasteiger partial charge is 0.481 e. The van der Waals surface area contributed by atoms with Gasteiger partial charge in [0.15, 0.2) is 0 Å². The van der Waals surface area contributed by atoms with Crippen LogP contribution in [0.1, 0.15) is 43.0 Å². The Balaban J connectivity index is 1.93. The highest BCUT2D eigenvalue weighted by Gasteiger charge is 2.41. The molecule has 0 bridgehead atoms. The van der Waals surface area contributed by atoms with Gasteiger partial charge in [-0.3, -0.25) is 4.79 Å². The van der Waals surface area contributed by atoms with Crippen LogP contribution in [0.15, 0.2) is 42.5 Å². The van der Waals surface area contributed by atoms with Crippen molar-refractivity contribution in [3.05, 3.63) is 59.3 Å². The molecule has 0 saturated carbocycles. The van der Waals surface area contributed by atoms with E-state index in [1.54, 1.807) is 0 Å². The zero-order chi connectivity index (χ0) is 19.0. The number of nitrogens with one attached hydrogen (secondary N) is 1. The molecule has 0 fully saturated rings. The van der Waals surface area contributed by atoms with Crippen molar-refractivity contribution in [3.63, 3.8) is 0 Å². The molecule has 1 unspecified atom stereocenters. The number of carboxylic acid groups (broad SMARTS) is 1. The van der Waals surface area contributed by atoms with Gasteiger partial charge in [-0.05, 0) is 30.9 Å². The summed E-state index contributed by atoms with van der Waals surface area (Å²) in [6.45, 7) is 4.71. The number of hydrogen-bond acceptors (Lipinski definition) is 2. The standard InChI is InChI=1S/C23H25NO3/c1-3-12-23(14-20(25)26)22-19(11-13-27-23)18-6-4-5-17(21(18)24-22)16-9-7-15(2)8-10-16/h4-10,24H,3,11-14H2,1-2H3,(H,25,26). The highest BCUT2D eigenvalue weighted by atomic mass is 16.5. The monoisotopic (exact) mass is 363 g/mol. The van der Waals surface area contributed by atoms with E-state index in [1.807, 2.05) is 0 Å². The van der Waals surface area contributed by atoms with Crippen LogP contribution in [0.25, 0.3) is 22.0 Å². The third-order valence-electron chi connectivity index (χ3n) is 5.58. The van der Waals surface area contributed by atoms with E-state index in [0.717, 1.165) is 35.2 Å². The Morgan fingerprint density at radius 3 is 2.70 bits per heavy atom. The van der Waals surface area contributed by atoms with E-state index in [0.29, 0.717) is 13.0 Å². The van der Waals surface area contributed by atoms with Crippen LogP contribution in [0.3, 0.4) is 0 Å². The van der Waals surface area contributed by atoms with Gasteiger partial charge < -0.3 is 14.8 Å². The fraction of sp³-hybridized carbons (Fsp3) is 0.348. The Morgan fingerprint density at radius 2 is 2.00 bits per heavy atom. The maximum atomic E-state index is 11.6. The van der Waals surface area contributed by atoms with Gasteiger partial charge in [-0.25, -0.2) is 0 Å². The molecule has 1 aliphatic heterocycles. The first-order valence-corrected chi connectivity index (χ1v) is 9.61. The van der Waals surface area contributed by atoms with Crippen LogP contribution >= 0.6 is 0 Å². The summed E-state index contributed by atoms with van der Waals surface area (Å²) in [5, 5.41) is 10.7. The molecule has 2 aromatic carbocycles. The third kappa shape index (κ3) is 3.04.